The van der Waals surface area contributed by atoms with Crippen molar-refractivity contribution in [2.75, 3.05) is 65.4 Å². The molecule has 0 radical (unpaired) electrons. The van der Waals surface area contributed by atoms with E-state index in [2.05, 4.69) is 41.0 Å². The number of benzene rings is 2. The molecule has 1 fully saturated rings. The molecule has 1 aromatic heterocycles. The summed E-state index contributed by atoms with van der Waals surface area (Å²) in [5.41, 5.74) is 1.69. The molecule has 1 aliphatic heterocycles. The van der Waals surface area contributed by atoms with Gasteiger partial charge in [-0.15, -0.1) is 0 Å². The van der Waals surface area contributed by atoms with Crippen molar-refractivity contribution in [2.45, 2.75) is 6.42 Å². The third-order valence-corrected chi connectivity index (χ3v) is 6.42. The Bertz CT molecular complexity index is 1150. The van der Waals surface area contributed by atoms with Crippen LogP contribution in [0.1, 0.15) is 6.42 Å². The van der Waals surface area contributed by atoms with E-state index in [9.17, 15) is 4.79 Å². The van der Waals surface area contributed by atoms with E-state index in [1.54, 1.807) is 13.4 Å². The van der Waals surface area contributed by atoms with Gasteiger partial charge >= 0.3 is 5.97 Å². The number of carbonyl (C=O) groups excluding carboxylic acids is 1. The number of fused-ring (bicyclic) bond motifs is 1. The van der Waals surface area contributed by atoms with E-state index in [4.69, 9.17) is 14.2 Å². The summed E-state index contributed by atoms with van der Waals surface area (Å²) in [5, 5.41) is 4.20. The fraction of sp³-hybridized carbons (Fsp3) is 0.400. The summed E-state index contributed by atoms with van der Waals surface area (Å²) in [4.78, 5) is 24.8. The van der Waals surface area contributed by atoms with E-state index in [0.717, 1.165) is 60.2 Å². The third-order valence-electron chi connectivity index (χ3n) is 5.93. The van der Waals surface area contributed by atoms with Crippen LogP contribution in [0.5, 0.6) is 11.5 Å². The average molecular weight is 544 g/mol. The number of aromatic nitrogens is 2. The fourth-order valence-corrected chi connectivity index (χ4v) is 4.43. The van der Waals surface area contributed by atoms with Crippen molar-refractivity contribution >= 4 is 44.3 Å². The second-order valence-corrected chi connectivity index (χ2v) is 9.19. The maximum atomic E-state index is 11.4. The predicted molar refractivity (Wildman–Crippen MR) is 139 cm³/mol. The fourth-order valence-electron chi connectivity index (χ4n) is 4.03. The number of nitrogens with one attached hydrogen (secondary N) is 1. The second kappa shape index (κ2) is 12.1. The second-order valence-electron chi connectivity index (χ2n) is 8.27. The lowest BCUT2D eigenvalue weighted by molar-refractivity contribution is -0.142. The first-order valence-corrected chi connectivity index (χ1v) is 12.3. The molecule has 2 aromatic carbocycles. The van der Waals surface area contributed by atoms with Crippen molar-refractivity contribution in [2.24, 2.45) is 0 Å². The minimum Gasteiger partial charge on any atom is -0.493 e. The van der Waals surface area contributed by atoms with Gasteiger partial charge < -0.3 is 24.4 Å². The first kappa shape index (κ1) is 25.2. The lowest BCUT2D eigenvalue weighted by Gasteiger charge is -2.33. The van der Waals surface area contributed by atoms with E-state index >= 15 is 0 Å². The molecule has 0 atom stereocenters. The Morgan fingerprint density at radius 3 is 2.60 bits per heavy atom. The molecule has 10 heteroatoms. The Morgan fingerprint density at radius 1 is 1.06 bits per heavy atom. The predicted octanol–water partition coefficient (Wildman–Crippen LogP) is 3.70. The zero-order valence-electron chi connectivity index (χ0n) is 20.0. The number of esters is 1. The molecule has 2 heterocycles. The molecule has 0 spiro atoms. The van der Waals surface area contributed by atoms with Gasteiger partial charge in [-0.2, -0.15) is 0 Å². The number of hydrogen-bond acceptors (Lipinski definition) is 9. The summed E-state index contributed by atoms with van der Waals surface area (Å²) in [6.45, 7) is 5.46. The molecule has 0 amide bonds. The Morgan fingerprint density at radius 2 is 1.86 bits per heavy atom. The Kier molecular flexibility index (Phi) is 8.73. The highest BCUT2D eigenvalue weighted by Crippen LogP contribution is 2.35. The molecular formula is C25H30BrN5O4. The van der Waals surface area contributed by atoms with E-state index in [1.807, 2.05) is 36.4 Å². The van der Waals surface area contributed by atoms with Gasteiger partial charge in [0, 0.05) is 54.3 Å². The molecule has 186 valence electrons. The van der Waals surface area contributed by atoms with Crippen LogP contribution in [0.2, 0.25) is 0 Å². The summed E-state index contributed by atoms with van der Waals surface area (Å²) in [6, 6.07) is 11.7. The van der Waals surface area contributed by atoms with Crippen LogP contribution >= 0.6 is 15.9 Å². The van der Waals surface area contributed by atoms with E-state index < -0.39 is 0 Å². The first-order valence-electron chi connectivity index (χ1n) is 11.6. The smallest absolute Gasteiger partial charge is 0.319 e. The van der Waals surface area contributed by atoms with Crippen molar-refractivity contribution in [3.05, 3.63) is 47.2 Å². The standard InChI is InChI=1S/C25H30BrN5O4/c1-33-22-14-20-21(27-17-28-25(20)29-19-6-3-5-18(26)13-19)15-23(22)35-12-4-7-30-8-10-31(11-9-30)16-24(32)34-2/h3,5-6,13-15,17H,4,7-12,16H2,1-2H3,(H,27,28,29). The molecule has 0 unspecified atom stereocenters. The van der Waals surface area contributed by atoms with Crippen LogP contribution in [0.25, 0.3) is 10.9 Å². The number of anilines is 2. The average Bonchev–Trinajstić information content (AvgIpc) is 2.87. The van der Waals surface area contributed by atoms with Gasteiger partial charge in [-0.3, -0.25) is 9.69 Å². The first-order chi connectivity index (χ1) is 17.1. The van der Waals surface area contributed by atoms with Crippen molar-refractivity contribution < 1.29 is 19.0 Å². The van der Waals surface area contributed by atoms with Gasteiger partial charge in [0.25, 0.3) is 0 Å². The zero-order chi connectivity index (χ0) is 24.6. The van der Waals surface area contributed by atoms with Crippen molar-refractivity contribution in [1.82, 2.24) is 19.8 Å². The van der Waals surface area contributed by atoms with Crippen LogP contribution < -0.4 is 14.8 Å². The number of rotatable bonds is 10. The highest BCUT2D eigenvalue weighted by molar-refractivity contribution is 9.10. The zero-order valence-corrected chi connectivity index (χ0v) is 21.6. The molecule has 0 aliphatic carbocycles. The quantitative estimate of drug-likeness (QED) is 0.303. The minimum absolute atomic E-state index is 0.183. The van der Waals surface area contributed by atoms with Crippen molar-refractivity contribution in [1.29, 1.82) is 0 Å². The number of halogens is 1. The van der Waals surface area contributed by atoms with Gasteiger partial charge in [0.2, 0.25) is 0 Å². The molecule has 35 heavy (non-hydrogen) atoms. The van der Waals surface area contributed by atoms with E-state index in [1.165, 1.54) is 7.11 Å². The number of piperazine rings is 1. The van der Waals surface area contributed by atoms with Gasteiger partial charge in [-0.25, -0.2) is 9.97 Å². The molecule has 1 saturated heterocycles. The number of hydrogen-bond donors (Lipinski definition) is 1. The molecule has 0 saturated carbocycles. The number of carbonyl (C=O) groups is 1. The van der Waals surface area contributed by atoms with Crippen LogP contribution in [0.4, 0.5) is 11.5 Å². The number of ether oxygens (including phenoxy) is 3. The highest BCUT2D eigenvalue weighted by atomic mass is 79.9. The summed E-state index contributed by atoms with van der Waals surface area (Å²) < 4.78 is 17.4. The normalized spacial score (nSPS) is 14.6. The third kappa shape index (κ3) is 6.81. The lowest BCUT2D eigenvalue weighted by Crippen LogP contribution is -2.48. The van der Waals surface area contributed by atoms with Gasteiger partial charge in [-0.1, -0.05) is 22.0 Å². The molecule has 9 nitrogen and oxygen atoms in total. The van der Waals surface area contributed by atoms with Crippen LogP contribution in [-0.4, -0.2) is 85.8 Å². The van der Waals surface area contributed by atoms with Crippen LogP contribution in [-0.2, 0) is 9.53 Å². The van der Waals surface area contributed by atoms with E-state index in [-0.39, 0.29) is 5.97 Å². The topological polar surface area (TPSA) is 89.1 Å². The number of methoxy groups -OCH3 is 2. The summed E-state index contributed by atoms with van der Waals surface area (Å²) >= 11 is 3.50. The molecule has 4 rings (SSSR count). The molecular weight excluding hydrogens is 514 g/mol. The monoisotopic (exact) mass is 543 g/mol. The highest BCUT2D eigenvalue weighted by Gasteiger charge is 2.19. The van der Waals surface area contributed by atoms with Gasteiger partial charge in [0.1, 0.15) is 12.1 Å². The molecule has 3 aromatic rings. The Balaban J connectivity index is 1.34. The molecule has 0 bridgehead atoms. The SMILES string of the molecule is COC(=O)CN1CCN(CCCOc2cc3ncnc(Nc4cccc(Br)c4)c3cc2OC)CC1. The van der Waals surface area contributed by atoms with Gasteiger partial charge in [0.15, 0.2) is 11.5 Å². The van der Waals surface area contributed by atoms with Crippen LogP contribution in [0, 0.1) is 0 Å². The van der Waals surface area contributed by atoms with Crippen LogP contribution in [0.3, 0.4) is 0 Å². The summed E-state index contributed by atoms with van der Waals surface area (Å²) in [5.74, 6) is 1.82. The van der Waals surface area contributed by atoms with Crippen molar-refractivity contribution in [3.8, 4) is 11.5 Å². The largest absolute Gasteiger partial charge is 0.493 e. The summed E-state index contributed by atoms with van der Waals surface area (Å²) in [7, 11) is 3.06. The lowest BCUT2D eigenvalue weighted by atomic mass is 10.2. The van der Waals surface area contributed by atoms with E-state index in [0.29, 0.717) is 30.5 Å². The molecule has 1 N–H and O–H groups in total. The number of nitrogens with zero attached hydrogens (tertiary/aromatic N) is 4. The maximum Gasteiger partial charge on any atom is 0.319 e. The van der Waals surface area contributed by atoms with Gasteiger partial charge in [-0.05, 0) is 30.7 Å². The maximum absolute atomic E-state index is 11.4. The minimum atomic E-state index is -0.183. The Labute approximate surface area is 213 Å². The summed E-state index contributed by atoms with van der Waals surface area (Å²) in [6.07, 6.45) is 2.43. The van der Waals surface area contributed by atoms with Gasteiger partial charge in [0.05, 0.1) is 32.9 Å². The van der Waals surface area contributed by atoms with Crippen LogP contribution in [0.15, 0.2) is 47.2 Å². The Hall–Kier alpha value is -2.95. The van der Waals surface area contributed by atoms with Crippen molar-refractivity contribution in [3.63, 3.8) is 0 Å². The molecule has 1 aliphatic rings.